The van der Waals surface area contributed by atoms with E-state index in [1.165, 1.54) is 13.2 Å². The van der Waals surface area contributed by atoms with E-state index in [-0.39, 0.29) is 35.8 Å². The van der Waals surface area contributed by atoms with E-state index < -0.39 is 5.82 Å². The quantitative estimate of drug-likeness (QED) is 0.841. The molecule has 5 heteroatoms. The number of ketones is 1. The topological polar surface area (TPSA) is 65.5 Å². The van der Waals surface area contributed by atoms with Crippen LogP contribution in [0.15, 0.2) is 34.7 Å². The molecule has 2 rings (SSSR count). The Morgan fingerprint density at radius 2 is 2.16 bits per heavy atom. The highest BCUT2D eigenvalue weighted by Gasteiger charge is 2.16. The second-order valence-corrected chi connectivity index (χ2v) is 4.00. The Hall–Kier alpha value is -2.14. The predicted octanol–water partition coefficient (Wildman–Crippen LogP) is 2.31. The largest absolute Gasteiger partial charge is 0.494 e. The molecule has 0 aliphatic heterocycles. The zero-order valence-electron chi connectivity index (χ0n) is 10.5. The number of methoxy groups -OCH3 is 1. The van der Waals surface area contributed by atoms with Crippen LogP contribution in [0.4, 0.5) is 4.39 Å². The average Bonchev–Trinajstić information content (AvgIpc) is 2.90. The van der Waals surface area contributed by atoms with Crippen molar-refractivity contribution in [2.24, 2.45) is 5.73 Å². The Morgan fingerprint density at radius 3 is 2.79 bits per heavy atom. The lowest BCUT2D eigenvalue weighted by Crippen LogP contribution is -2.05. The van der Waals surface area contributed by atoms with Crippen LogP contribution in [0.25, 0.3) is 0 Å². The Morgan fingerprint density at radius 1 is 1.37 bits per heavy atom. The van der Waals surface area contributed by atoms with Crippen molar-refractivity contribution in [3.8, 4) is 5.75 Å². The van der Waals surface area contributed by atoms with Crippen LogP contribution in [0.2, 0.25) is 0 Å². The summed E-state index contributed by atoms with van der Waals surface area (Å²) in [5, 5.41) is 0. The summed E-state index contributed by atoms with van der Waals surface area (Å²) in [4.78, 5) is 12.0. The van der Waals surface area contributed by atoms with Gasteiger partial charge in [-0.2, -0.15) is 0 Å². The first kappa shape index (κ1) is 13.3. The Balaban J connectivity index is 2.19. The van der Waals surface area contributed by atoms with E-state index in [1.54, 1.807) is 24.3 Å². The summed E-state index contributed by atoms with van der Waals surface area (Å²) in [5.41, 5.74) is 5.67. The first-order chi connectivity index (χ1) is 9.15. The highest BCUT2D eigenvalue weighted by atomic mass is 19.1. The van der Waals surface area contributed by atoms with E-state index in [1.807, 2.05) is 0 Å². The first-order valence-corrected chi connectivity index (χ1v) is 5.79. The molecule has 0 radical (unpaired) electrons. The van der Waals surface area contributed by atoms with Crippen LogP contribution in [0.1, 0.15) is 21.9 Å². The van der Waals surface area contributed by atoms with Gasteiger partial charge in [0.2, 0.25) is 5.78 Å². The molecule has 2 aromatic rings. The van der Waals surface area contributed by atoms with Gasteiger partial charge in [0.15, 0.2) is 17.3 Å². The number of hydrogen-bond acceptors (Lipinski definition) is 4. The molecule has 0 unspecified atom stereocenters. The maximum absolute atomic E-state index is 13.9. The summed E-state index contributed by atoms with van der Waals surface area (Å²) in [6.45, 7) is 0.223. The van der Waals surface area contributed by atoms with Crippen LogP contribution in [0.5, 0.6) is 5.75 Å². The van der Waals surface area contributed by atoms with Gasteiger partial charge in [0.1, 0.15) is 5.76 Å². The number of Topliss-reactive ketones (excluding diaryl/α,β-unsaturated/α-hetero) is 1. The number of hydrogen-bond donors (Lipinski definition) is 1. The van der Waals surface area contributed by atoms with E-state index in [2.05, 4.69) is 0 Å². The fraction of sp³-hybridized carbons (Fsp3) is 0.214. The standard InChI is InChI=1S/C14H14FNO3/c1-18-13-4-2-3-9(14(13)15)7-11(17)12-6-5-10(8-16)19-12/h2-6H,7-8,16H2,1H3. The molecule has 1 aromatic carbocycles. The molecular formula is C14H14FNO3. The minimum Gasteiger partial charge on any atom is -0.494 e. The van der Waals surface area contributed by atoms with E-state index in [4.69, 9.17) is 14.9 Å². The number of furan rings is 1. The van der Waals surface area contributed by atoms with Gasteiger partial charge in [-0.1, -0.05) is 12.1 Å². The van der Waals surface area contributed by atoms with Crippen molar-refractivity contribution < 1.29 is 18.3 Å². The summed E-state index contributed by atoms with van der Waals surface area (Å²) < 4.78 is 24.0. The van der Waals surface area contributed by atoms with Crippen molar-refractivity contribution >= 4 is 5.78 Å². The third kappa shape index (κ3) is 2.82. The van der Waals surface area contributed by atoms with Crippen LogP contribution in [-0.4, -0.2) is 12.9 Å². The van der Waals surface area contributed by atoms with Crippen LogP contribution in [0.3, 0.4) is 0 Å². The second-order valence-electron chi connectivity index (χ2n) is 4.00. The van der Waals surface area contributed by atoms with Gasteiger partial charge in [0.05, 0.1) is 13.7 Å². The molecule has 0 atom stereocenters. The molecule has 0 aliphatic carbocycles. The fourth-order valence-corrected chi connectivity index (χ4v) is 1.75. The van der Waals surface area contributed by atoms with Gasteiger partial charge in [-0.25, -0.2) is 4.39 Å². The molecule has 0 saturated carbocycles. The van der Waals surface area contributed by atoms with Crippen LogP contribution >= 0.6 is 0 Å². The number of rotatable bonds is 5. The van der Waals surface area contributed by atoms with Gasteiger partial charge in [-0.05, 0) is 23.8 Å². The third-order valence-electron chi connectivity index (χ3n) is 2.75. The molecule has 0 spiro atoms. The van der Waals surface area contributed by atoms with Crippen molar-refractivity contribution in [1.82, 2.24) is 0 Å². The van der Waals surface area contributed by atoms with Gasteiger partial charge in [0, 0.05) is 6.42 Å². The lowest BCUT2D eigenvalue weighted by Gasteiger charge is -2.05. The number of nitrogens with two attached hydrogens (primary N) is 1. The van der Waals surface area contributed by atoms with E-state index in [0.717, 1.165) is 0 Å². The van der Waals surface area contributed by atoms with Crippen molar-refractivity contribution in [3.63, 3.8) is 0 Å². The first-order valence-electron chi connectivity index (χ1n) is 5.79. The summed E-state index contributed by atoms with van der Waals surface area (Å²) in [7, 11) is 1.38. The number of ether oxygens (including phenoxy) is 1. The van der Waals surface area contributed by atoms with Crippen LogP contribution < -0.4 is 10.5 Å². The Bertz CT molecular complexity index is 592. The number of benzene rings is 1. The molecule has 19 heavy (non-hydrogen) atoms. The normalized spacial score (nSPS) is 10.5. The summed E-state index contributed by atoms with van der Waals surface area (Å²) in [6.07, 6.45) is -0.0828. The minimum atomic E-state index is -0.524. The molecule has 2 N–H and O–H groups in total. The van der Waals surface area contributed by atoms with Gasteiger partial charge >= 0.3 is 0 Å². The Labute approximate surface area is 110 Å². The minimum absolute atomic E-state index is 0.0828. The van der Waals surface area contributed by atoms with Gasteiger partial charge in [-0.15, -0.1) is 0 Å². The number of carbonyl (C=O) groups excluding carboxylic acids is 1. The van der Waals surface area contributed by atoms with Gasteiger partial charge in [-0.3, -0.25) is 4.79 Å². The highest BCUT2D eigenvalue weighted by molar-refractivity contribution is 5.95. The zero-order chi connectivity index (χ0) is 13.8. The number of carbonyl (C=O) groups is 1. The maximum atomic E-state index is 13.9. The lowest BCUT2D eigenvalue weighted by atomic mass is 10.1. The Kier molecular flexibility index (Phi) is 3.97. The average molecular weight is 263 g/mol. The fourth-order valence-electron chi connectivity index (χ4n) is 1.75. The summed E-state index contributed by atoms with van der Waals surface area (Å²) in [5.74, 6) is 0.000309. The second kappa shape index (κ2) is 5.67. The SMILES string of the molecule is COc1cccc(CC(=O)c2ccc(CN)o2)c1F. The summed E-state index contributed by atoms with van der Waals surface area (Å²) in [6, 6.07) is 7.86. The lowest BCUT2D eigenvalue weighted by molar-refractivity contribution is 0.0963. The molecule has 0 fully saturated rings. The smallest absolute Gasteiger partial charge is 0.202 e. The predicted molar refractivity (Wildman–Crippen MR) is 67.6 cm³/mol. The molecule has 1 heterocycles. The van der Waals surface area contributed by atoms with Crippen molar-refractivity contribution in [2.75, 3.05) is 7.11 Å². The molecular weight excluding hydrogens is 249 g/mol. The molecule has 100 valence electrons. The number of halogens is 1. The maximum Gasteiger partial charge on any atom is 0.202 e. The molecule has 0 bridgehead atoms. The van der Waals surface area contributed by atoms with Crippen LogP contribution in [-0.2, 0) is 13.0 Å². The van der Waals surface area contributed by atoms with Crippen molar-refractivity contribution in [2.45, 2.75) is 13.0 Å². The van der Waals surface area contributed by atoms with Gasteiger partial charge < -0.3 is 14.9 Å². The van der Waals surface area contributed by atoms with Crippen molar-refractivity contribution in [1.29, 1.82) is 0 Å². The zero-order valence-corrected chi connectivity index (χ0v) is 10.5. The van der Waals surface area contributed by atoms with Crippen molar-refractivity contribution in [3.05, 3.63) is 53.2 Å². The van der Waals surface area contributed by atoms with Gasteiger partial charge in [0.25, 0.3) is 0 Å². The molecule has 1 aromatic heterocycles. The van der Waals surface area contributed by atoms with E-state index >= 15 is 0 Å². The molecule has 0 amide bonds. The molecule has 0 saturated heterocycles. The van der Waals surface area contributed by atoms with E-state index in [9.17, 15) is 9.18 Å². The monoisotopic (exact) mass is 263 g/mol. The summed E-state index contributed by atoms with van der Waals surface area (Å²) >= 11 is 0. The molecule has 4 nitrogen and oxygen atoms in total. The van der Waals surface area contributed by atoms with Crippen LogP contribution in [0, 0.1) is 5.82 Å². The highest BCUT2D eigenvalue weighted by Crippen LogP contribution is 2.21. The molecule has 0 aliphatic rings. The third-order valence-corrected chi connectivity index (χ3v) is 2.75. The van der Waals surface area contributed by atoms with E-state index in [0.29, 0.717) is 5.76 Å².